The number of ether oxygens (including phenoxy) is 1. The van der Waals surface area contributed by atoms with Crippen LogP contribution in [0.25, 0.3) is 0 Å². The summed E-state index contributed by atoms with van der Waals surface area (Å²) in [6.45, 7) is 2.68. The van der Waals surface area contributed by atoms with Crippen LogP contribution >= 0.6 is 0 Å². The number of ketones is 1. The minimum absolute atomic E-state index is 0.220. The number of nitrogens with one attached hydrogen (secondary N) is 1. The number of rotatable bonds is 9. The lowest BCUT2D eigenvalue weighted by Crippen LogP contribution is -2.18. The van der Waals surface area contributed by atoms with Crippen LogP contribution in [0, 0.1) is 0 Å². The topological polar surface area (TPSA) is 98.5 Å². The molecule has 3 N–H and O–H groups in total. The Kier molecular flexibility index (Phi) is 5.70. The fourth-order valence-corrected chi connectivity index (χ4v) is 4.04. The Hall–Kier alpha value is -2.54. The molecular formula is C20H24N2O4S. The van der Waals surface area contributed by atoms with E-state index in [1.807, 2.05) is 6.07 Å². The third kappa shape index (κ3) is 4.80. The number of nitrogen functional groups attached to an aromatic ring is 1. The molecule has 144 valence electrons. The predicted octanol–water partition coefficient (Wildman–Crippen LogP) is 3.58. The molecule has 1 fully saturated rings. The molecular weight excluding hydrogens is 364 g/mol. The van der Waals surface area contributed by atoms with E-state index in [-0.39, 0.29) is 22.4 Å². The Morgan fingerprint density at radius 3 is 2.63 bits per heavy atom. The van der Waals surface area contributed by atoms with Crippen molar-refractivity contribution in [3.63, 3.8) is 0 Å². The summed E-state index contributed by atoms with van der Waals surface area (Å²) >= 11 is 0. The lowest BCUT2D eigenvalue weighted by molar-refractivity contribution is 0.103. The Balaban J connectivity index is 1.80. The maximum atomic E-state index is 12.8. The van der Waals surface area contributed by atoms with Crippen molar-refractivity contribution in [1.29, 1.82) is 0 Å². The second-order valence-electron chi connectivity index (χ2n) is 6.71. The SMILES string of the molecule is CCCCOc1cccc(C(=O)c2ccc(N)c(NS(=O)(=O)C3CC3)c2)c1. The molecule has 1 aliphatic rings. The second-order valence-corrected chi connectivity index (χ2v) is 8.67. The summed E-state index contributed by atoms with van der Waals surface area (Å²) in [6.07, 6.45) is 3.28. The zero-order valence-corrected chi connectivity index (χ0v) is 16.1. The number of carbonyl (C=O) groups is 1. The van der Waals surface area contributed by atoms with Gasteiger partial charge in [-0.05, 0) is 49.6 Å². The Bertz CT molecular complexity index is 937. The van der Waals surface area contributed by atoms with Crippen molar-refractivity contribution in [2.45, 2.75) is 37.9 Å². The highest BCUT2D eigenvalue weighted by molar-refractivity contribution is 7.93. The summed E-state index contributed by atoms with van der Waals surface area (Å²) in [5.41, 5.74) is 7.25. The van der Waals surface area contributed by atoms with Gasteiger partial charge in [-0.25, -0.2) is 8.42 Å². The van der Waals surface area contributed by atoms with E-state index in [1.54, 1.807) is 30.3 Å². The number of sulfonamides is 1. The molecule has 27 heavy (non-hydrogen) atoms. The first-order valence-electron chi connectivity index (χ1n) is 9.09. The molecule has 3 rings (SSSR count). The Morgan fingerprint density at radius 1 is 1.19 bits per heavy atom. The van der Waals surface area contributed by atoms with E-state index in [0.717, 1.165) is 12.8 Å². The fourth-order valence-electron chi connectivity index (χ4n) is 2.63. The van der Waals surface area contributed by atoms with Gasteiger partial charge in [0, 0.05) is 11.1 Å². The van der Waals surface area contributed by atoms with Gasteiger partial charge in [0.25, 0.3) is 0 Å². The molecule has 0 atom stereocenters. The van der Waals surface area contributed by atoms with Crippen molar-refractivity contribution in [3.8, 4) is 5.75 Å². The van der Waals surface area contributed by atoms with Gasteiger partial charge in [0.05, 0.1) is 23.2 Å². The minimum atomic E-state index is -3.45. The van der Waals surface area contributed by atoms with Gasteiger partial charge in [-0.2, -0.15) is 0 Å². The molecule has 0 amide bonds. The molecule has 0 unspecified atom stereocenters. The van der Waals surface area contributed by atoms with E-state index in [1.165, 1.54) is 6.07 Å². The van der Waals surface area contributed by atoms with Crippen molar-refractivity contribution in [2.24, 2.45) is 0 Å². The van der Waals surface area contributed by atoms with Crippen LogP contribution in [0.15, 0.2) is 42.5 Å². The van der Waals surface area contributed by atoms with Crippen molar-refractivity contribution in [2.75, 3.05) is 17.1 Å². The van der Waals surface area contributed by atoms with Gasteiger partial charge in [0.2, 0.25) is 10.0 Å². The largest absolute Gasteiger partial charge is 0.494 e. The first-order chi connectivity index (χ1) is 12.9. The van der Waals surface area contributed by atoms with Crippen LogP contribution in [0.5, 0.6) is 5.75 Å². The molecule has 2 aromatic carbocycles. The fraction of sp³-hybridized carbons (Fsp3) is 0.350. The third-order valence-corrected chi connectivity index (χ3v) is 6.25. The summed E-state index contributed by atoms with van der Waals surface area (Å²) in [7, 11) is -3.45. The lowest BCUT2D eigenvalue weighted by atomic mass is 10.0. The molecule has 0 radical (unpaired) electrons. The number of anilines is 2. The molecule has 0 aromatic heterocycles. The molecule has 0 heterocycles. The van der Waals surface area contributed by atoms with Crippen LogP contribution in [-0.2, 0) is 10.0 Å². The van der Waals surface area contributed by atoms with Crippen LogP contribution < -0.4 is 15.2 Å². The average molecular weight is 388 g/mol. The molecule has 0 bridgehead atoms. The van der Waals surface area contributed by atoms with E-state index in [4.69, 9.17) is 10.5 Å². The summed E-state index contributed by atoms with van der Waals surface area (Å²) in [5.74, 6) is 0.419. The third-order valence-electron chi connectivity index (χ3n) is 4.39. The van der Waals surface area contributed by atoms with Gasteiger partial charge in [-0.1, -0.05) is 25.5 Å². The maximum absolute atomic E-state index is 12.8. The number of unbranched alkanes of at least 4 members (excludes halogenated alkanes) is 1. The quantitative estimate of drug-likeness (QED) is 0.389. The van der Waals surface area contributed by atoms with Gasteiger partial charge in [-0.15, -0.1) is 0 Å². The maximum Gasteiger partial charge on any atom is 0.235 e. The van der Waals surface area contributed by atoms with Crippen molar-refractivity contribution >= 4 is 27.2 Å². The molecule has 6 nitrogen and oxygen atoms in total. The van der Waals surface area contributed by atoms with Gasteiger partial charge in [-0.3, -0.25) is 9.52 Å². The minimum Gasteiger partial charge on any atom is -0.494 e. The van der Waals surface area contributed by atoms with E-state index in [2.05, 4.69) is 11.6 Å². The number of carbonyl (C=O) groups excluding carboxylic acids is 1. The van der Waals surface area contributed by atoms with Crippen molar-refractivity contribution in [1.82, 2.24) is 0 Å². The van der Waals surface area contributed by atoms with E-state index < -0.39 is 10.0 Å². The zero-order valence-electron chi connectivity index (χ0n) is 15.3. The van der Waals surface area contributed by atoms with Crippen LogP contribution in [0.1, 0.15) is 48.5 Å². The first-order valence-corrected chi connectivity index (χ1v) is 10.6. The molecule has 2 aromatic rings. The number of nitrogens with two attached hydrogens (primary N) is 1. The van der Waals surface area contributed by atoms with Gasteiger partial charge in [0.1, 0.15) is 5.75 Å². The van der Waals surface area contributed by atoms with Crippen molar-refractivity contribution in [3.05, 3.63) is 53.6 Å². The first kappa shape index (κ1) is 19.2. The van der Waals surface area contributed by atoms with E-state index >= 15 is 0 Å². The van der Waals surface area contributed by atoms with Gasteiger partial charge < -0.3 is 10.5 Å². The molecule has 0 saturated heterocycles. The van der Waals surface area contributed by atoms with Crippen LogP contribution in [0.3, 0.4) is 0 Å². The number of hydrogen-bond donors (Lipinski definition) is 2. The summed E-state index contributed by atoms with van der Waals surface area (Å²) in [4.78, 5) is 12.8. The van der Waals surface area contributed by atoms with Crippen LogP contribution in [0.4, 0.5) is 11.4 Å². The summed E-state index contributed by atoms with van der Waals surface area (Å²) in [6, 6.07) is 11.6. The number of benzene rings is 2. The van der Waals surface area contributed by atoms with E-state index in [9.17, 15) is 13.2 Å². The molecule has 7 heteroatoms. The zero-order chi connectivity index (χ0) is 19.4. The van der Waals surface area contributed by atoms with Crippen LogP contribution in [0.2, 0.25) is 0 Å². The van der Waals surface area contributed by atoms with Crippen LogP contribution in [-0.4, -0.2) is 26.1 Å². The standard InChI is InChI=1S/C20H24N2O4S/c1-2-3-11-26-16-6-4-5-14(12-16)20(23)15-7-10-18(21)19(13-15)22-27(24,25)17-8-9-17/h4-7,10,12-13,17,22H,2-3,8-9,11,21H2,1H3. The second kappa shape index (κ2) is 8.00. The molecule has 1 saturated carbocycles. The van der Waals surface area contributed by atoms with E-state index in [0.29, 0.717) is 36.3 Å². The Labute approximate surface area is 159 Å². The number of hydrogen-bond acceptors (Lipinski definition) is 5. The highest BCUT2D eigenvalue weighted by Crippen LogP contribution is 2.32. The van der Waals surface area contributed by atoms with Crippen molar-refractivity contribution < 1.29 is 17.9 Å². The highest BCUT2D eigenvalue weighted by Gasteiger charge is 2.36. The van der Waals surface area contributed by atoms with Gasteiger partial charge >= 0.3 is 0 Å². The molecule has 1 aliphatic carbocycles. The average Bonchev–Trinajstić information content (AvgIpc) is 3.49. The Morgan fingerprint density at radius 2 is 1.93 bits per heavy atom. The predicted molar refractivity (Wildman–Crippen MR) is 107 cm³/mol. The molecule has 0 aliphatic heterocycles. The normalized spacial score (nSPS) is 14.0. The van der Waals surface area contributed by atoms with Gasteiger partial charge in [0.15, 0.2) is 5.78 Å². The lowest BCUT2D eigenvalue weighted by Gasteiger charge is -2.12. The molecule has 0 spiro atoms. The smallest absolute Gasteiger partial charge is 0.235 e. The summed E-state index contributed by atoms with van der Waals surface area (Å²) < 4.78 is 32.5. The highest BCUT2D eigenvalue weighted by atomic mass is 32.2. The summed E-state index contributed by atoms with van der Waals surface area (Å²) in [5, 5.41) is -0.367. The monoisotopic (exact) mass is 388 g/mol.